The molecule has 3 rings (SSSR count). The number of hydrogen-bond donors (Lipinski definition) is 2. The van der Waals surface area contributed by atoms with Gasteiger partial charge in [0.15, 0.2) is 0 Å². The van der Waals surface area contributed by atoms with Crippen molar-refractivity contribution in [2.75, 3.05) is 39.8 Å². The van der Waals surface area contributed by atoms with E-state index >= 15 is 0 Å². The van der Waals surface area contributed by atoms with Crippen LogP contribution in [0, 0.1) is 5.92 Å². The minimum atomic E-state index is 0. The second-order valence-corrected chi connectivity index (χ2v) is 7.56. The van der Waals surface area contributed by atoms with Crippen molar-refractivity contribution in [3.8, 4) is 0 Å². The van der Waals surface area contributed by atoms with Gasteiger partial charge in [0, 0.05) is 44.6 Å². The maximum Gasteiger partial charge on any atom is 0.236 e. The van der Waals surface area contributed by atoms with Crippen molar-refractivity contribution in [2.24, 2.45) is 5.92 Å². The minimum absolute atomic E-state index is 0. The van der Waals surface area contributed by atoms with Crippen LogP contribution in [0.3, 0.4) is 0 Å². The Kier molecular flexibility index (Phi) is 11.5. The fourth-order valence-corrected chi connectivity index (χ4v) is 4.13. The Balaban J connectivity index is 0.00000210. The molecule has 0 aromatic carbocycles. The van der Waals surface area contributed by atoms with Crippen LogP contribution >= 0.6 is 24.8 Å². The van der Waals surface area contributed by atoms with E-state index in [1.807, 2.05) is 17.0 Å². The quantitative estimate of drug-likeness (QED) is 0.692. The Bertz CT molecular complexity index is 627. The van der Waals surface area contributed by atoms with Gasteiger partial charge in [0.05, 0.1) is 12.5 Å². The van der Waals surface area contributed by atoms with Gasteiger partial charge >= 0.3 is 0 Å². The van der Waals surface area contributed by atoms with Crippen molar-refractivity contribution < 1.29 is 9.59 Å². The Morgan fingerprint density at radius 1 is 1.17 bits per heavy atom. The number of piperidine rings is 2. The summed E-state index contributed by atoms with van der Waals surface area (Å²) in [6.07, 6.45) is 7.54. The highest BCUT2D eigenvalue weighted by Gasteiger charge is 2.32. The summed E-state index contributed by atoms with van der Waals surface area (Å²) >= 11 is 0. The lowest BCUT2D eigenvalue weighted by Crippen LogP contribution is -2.52. The molecule has 2 aliphatic rings. The molecule has 2 N–H and O–H groups in total. The molecule has 2 amide bonds. The first kappa shape index (κ1) is 25.6. The highest BCUT2D eigenvalue weighted by atomic mass is 35.5. The van der Waals surface area contributed by atoms with Crippen LogP contribution in [0.2, 0.25) is 0 Å². The van der Waals surface area contributed by atoms with Crippen molar-refractivity contribution >= 4 is 36.6 Å². The van der Waals surface area contributed by atoms with Gasteiger partial charge in [-0.2, -0.15) is 0 Å². The van der Waals surface area contributed by atoms with Gasteiger partial charge in [-0.25, -0.2) is 0 Å². The van der Waals surface area contributed by atoms with E-state index in [0.717, 1.165) is 57.4 Å². The molecular weight excluding hydrogens is 413 g/mol. The predicted octanol–water partition coefficient (Wildman–Crippen LogP) is 1.46. The molecule has 2 aliphatic heterocycles. The third-order valence-corrected chi connectivity index (χ3v) is 5.67. The maximum atomic E-state index is 12.6. The van der Waals surface area contributed by atoms with Gasteiger partial charge in [-0.15, -0.1) is 24.8 Å². The molecule has 7 nitrogen and oxygen atoms in total. The van der Waals surface area contributed by atoms with Crippen LogP contribution in [0.15, 0.2) is 24.5 Å². The summed E-state index contributed by atoms with van der Waals surface area (Å²) in [5.41, 5.74) is 1.03. The molecule has 3 heterocycles. The summed E-state index contributed by atoms with van der Waals surface area (Å²) in [5.74, 6) is 0.381. The summed E-state index contributed by atoms with van der Waals surface area (Å²) in [5, 5.41) is 5.99. The van der Waals surface area contributed by atoms with Crippen LogP contribution < -0.4 is 10.6 Å². The van der Waals surface area contributed by atoms with E-state index in [9.17, 15) is 9.59 Å². The molecule has 164 valence electrons. The zero-order valence-electron chi connectivity index (χ0n) is 17.0. The van der Waals surface area contributed by atoms with Crippen LogP contribution in [0.4, 0.5) is 0 Å². The molecule has 0 radical (unpaired) electrons. The molecule has 1 aromatic heterocycles. The van der Waals surface area contributed by atoms with Crippen molar-refractivity contribution in [3.05, 3.63) is 30.1 Å². The number of likely N-dealkylation sites (N-methyl/N-ethyl adjacent to an activating group) is 1. The van der Waals surface area contributed by atoms with E-state index in [0.29, 0.717) is 19.1 Å². The fraction of sp³-hybridized carbons (Fsp3) is 0.650. The number of aromatic nitrogens is 1. The van der Waals surface area contributed by atoms with Crippen molar-refractivity contribution in [1.29, 1.82) is 0 Å². The smallest absolute Gasteiger partial charge is 0.236 e. The molecule has 1 aromatic rings. The van der Waals surface area contributed by atoms with Crippen molar-refractivity contribution in [1.82, 2.24) is 25.4 Å². The van der Waals surface area contributed by atoms with Gasteiger partial charge in [0.25, 0.3) is 0 Å². The van der Waals surface area contributed by atoms with Gasteiger partial charge < -0.3 is 15.5 Å². The number of pyridine rings is 1. The number of likely N-dealkylation sites (tertiary alicyclic amines) is 2. The number of carbonyl (C=O) groups is 2. The van der Waals surface area contributed by atoms with Crippen LogP contribution in [0.5, 0.6) is 0 Å². The molecule has 0 spiro atoms. The molecule has 1 unspecified atom stereocenters. The summed E-state index contributed by atoms with van der Waals surface area (Å²) in [6, 6.07) is 4.35. The van der Waals surface area contributed by atoms with E-state index < -0.39 is 0 Å². The third kappa shape index (κ3) is 7.41. The van der Waals surface area contributed by atoms with Gasteiger partial charge in [0.1, 0.15) is 0 Å². The highest BCUT2D eigenvalue weighted by Crippen LogP contribution is 2.24. The molecule has 29 heavy (non-hydrogen) atoms. The molecule has 1 atom stereocenters. The van der Waals surface area contributed by atoms with Gasteiger partial charge in [0.2, 0.25) is 11.8 Å². The Labute approximate surface area is 185 Å². The zero-order valence-corrected chi connectivity index (χ0v) is 18.6. The molecular formula is C20H33Cl2N5O2. The van der Waals surface area contributed by atoms with E-state index in [-0.39, 0.29) is 42.5 Å². The van der Waals surface area contributed by atoms with Crippen molar-refractivity contribution in [3.63, 3.8) is 0 Å². The SMILES string of the molecule is CNCC(=O)N1CCC(N2CCCC(C(=O)NCc3cccnc3)C2)CC1.Cl.Cl. The number of amides is 2. The monoisotopic (exact) mass is 445 g/mol. The second kappa shape index (κ2) is 13.0. The van der Waals surface area contributed by atoms with E-state index in [1.54, 1.807) is 19.4 Å². The largest absolute Gasteiger partial charge is 0.352 e. The number of rotatable bonds is 6. The van der Waals surface area contributed by atoms with Crippen LogP contribution in [-0.4, -0.2) is 72.4 Å². The average molecular weight is 446 g/mol. The fourth-order valence-electron chi connectivity index (χ4n) is 4.13. The van der Waals surface area contributed by atoms with Crippen LogP contribution in [0.25, 0.3) is 0 Å². The zero-order chi connectivity index (χ0) is 19.1. The molecule has 2 saturated heterocycles. The Hall–Kier alpha value is -1.41. The van der Waals surface area contributed by atoms with Gasteiger partial charge in [-0.3, -0.25) is 19.5 Å². The Morgan fingerprint density at radius 2 is 1.93 bits per heavy atom. The lowest BCUT2D eigenvalue weighted by atomic mass is 9.93. The first-order valence-electron chi connectivity index (χ1n) is 10.0. The second-order valence-electron chi connectivity index (χ2n) is 7.56. The number of nitrogens with zero attached hydrogens (tertiary/aromatic N) is 3. The van der Waals surface area contributed by atoms with Crippen LogP contribution in [0.1, 0.15) is 31.2 Å². The van der Waals surface area contributed by atoms with Crippen molar-refractivity contribution in [2.45, 2.75) is 38.3 Å². The van der Waals surface area contributed by atoms with Crippen LogP contribution in [-0.2, 0) is 16.1 Å². The number of carbonyl (C=O) groups excluding carboxylic acids is 2. The van der Waals surface area contributed by atoms with E-state index in [2.05, 4.69) is 20.5 Å². The lowest BCUT2D eigenvalue weighted by molar-refractivity contribution is -0.131. The normalized spacial score (nSPS) is 20.3. The summed E-state index contributed by atoms with van der Waals surface area (Å²) in [6.45, 7) is 4.47. The lowest BCUT2D eigenvalue weighted by Gasteiger charge is -2.42. The maximum absolute atomic E-state index is 12.6. The summed E-state index contributed by atoms with van der Waals surface area (Å²) in [4.78, 5) is 33.1. The molecule has 0 aliphatic carbocycles. The molecule has 2 fully saturated rings. The Morgan fingerprint density at radius 3 is 2.59 bits per heavy atom. The number of hydrogen-bond acceptors (Lipinski definition) is 5. The summed E-state index contributed by atoms with van der Waals surface area (Å²) in [7, 11) is 1.80. The standard InChI is InChI=1S/C20H31N5O2.2ClH/c1-21-14-19(26)24-10-6-18(7-11-24)25-9-3-5-17(15-25)20(27)23-13-16-4-2-8-22-12-16;;/h2,4,8,12,17-18,21H,3,5-7,9-11,13-15H2,1H3,(H,23,27);2*1H. The van der Waals surface area contributed by atoms with E-state index in [4.69, 9.17) is 0 Å². The first-order chi connectivity index (χ1) is 13.2. The summed E-state index contributed by atoms with van der Waals surface area (Å²) < 4.78 is 0. The average Bonchev–Trinajstić information content (AvgIpc) is 2.73. The number of nitrogens with one attached hydrogen (secondary N) is 2. The molecule has 9 heteroatoms. The van der Waals surface area contributed by atoms with Gasteiger partial charge in [-0.1, -0.05) is 6.07 Å². The first-order valence-corrected chi connectivity index (χ1v) is 10.0. The van der Waals surface area contributed by atoms with E-state index in [1.165, 1.54) is 0 Å². The minimum Gasteiger partial charge on any atom is -0.352 e. The highest BCUT2D eigenvalue weighted by molar-refractivity contribution is 5.85. The molecule has 0 bridgehead atoms. The number of halogens is 2. The third-order valence-electron chi connectivity index (χ3n) is 5.67. The predicted molar refractivity (Wildman–Crippen MR) is 118 cm³/mol. The van der Waals surface area contributed by atoms with Gasteiger partial charge in [-0.05, 0) is 50.9 Å². The molecule has 0 saturated carbocycles. The topological polar surface area (TPSA) is 77.6 Å².